The molecule has 16 nitrogen and oxygen atoms in total. The minimum atomic E-state index is -0.705. The van der Waals surface area contributed by atoms with Crippen molar-refractivity contribution in [2.24, 2.45) is 17.8 Å². The number of alkyl carbamates (subject to hydrolysis) is 2. The van der Waals surface area contributed by atoms with Crippen molar-refractivity contribution in [1.82, 2.24) is 50.3 Å². The van der Waals surface area contributed by atoms with E-state index in [1.165, 1.54) is 36.9 Å². The number of imidazole rings is 2. The van der Waals surface area contributed by atoms with Crippen LogP contribution in [0.1, 0.15) is 77.1 Å². The highest BCUT2D eigenvalue weighted by Crippen LogP contribution is 2.39. The van der Waals surface area contributed by atoms with Crippen molar-refractivity contribution in [3.63, 3.8) is 0 Å². The van der Waals surface area contributed by atoms with Gasteiger partial charge in [0.25, 0.3) is 0 Å². The van der Waals surface area contributed by atoms with Crippen LogP contribution in [0.2, 0.25) is 0 Å². The molecule has 0 radical (unpaired) electrons. The van der Waals surface area contributed by atoms with E-state index in [0.717, 1.165) is 56.8 Å². The predicted octanol–water partition coefficient (Wildman–Crippen LogP) is 5.38. The number of aromatic amines is 2. The molecule has 4 amide bonds. The maximum atomic E-state index is 13.6. The Balaban J connectivity index is 1.12. The van der Waals surface area contributed by atoms with Crippen molar-refractivity contribution in [3.05, 3.63) is 36.4 Å². The number of amides is 4. The first kappa shape index (κ1) is 37.9. The predicted molar refractivity (Wildman–Crippen MR) is 199 cm³/mol. The summed E-state index contributed by atoms with van der Waals surface area (Å²) in [6.07, 6.45) is 9.17. The third-order valence-corrected chi connectivity index (χ3v) is 12.0. The second-order valence-corrected chi connectivity index (χ2v) is 15.9. The third kappa shape index (κ3) is 8.22. The number of thiazole rings is 2. The molecule has 4 aromatic rings. The van der Waals surface area contributed by atoms with Crippen LogP contribution in [0, 0.1) is 17.8 Å². The number of methoxy groups -OCH3 is 2. The van der Waals surface area contributed by atoms with Crippen molar-refractivity contribution < 1.29 is 28.7 Å². The maximum absolute atomic E-state index is 13.6. The van der Waals surface area contributed by atoms with Gasteiger partial charge in [0.2, 0.25) is 11.8 Å². The Morgan fingerprint density at radius 3 is 1.74 bits per heavy atom. The van der Waals surface area contributed by atoms with Crippen LogP contribution in [-0.2, 0) is 19.1 Å². The Bertz CT molecular complexity index is 1920. The van der Waals surface area contributed by atoms with Crippen LogP contribution < -0.4 is 10.6 Å². The van der Waals surface area contributed by atoms with E-state index >= 15 is 0 Å². The molecule has 2 fully saturated rings. The molecule has 2 aliphatic heterocycles. The number of nitrogens with zero attached hydrogens (tertiary/aromatic N) is 6. The van der Waals surface area contributed by atoms with E-state index in [0.29, 0.717) is 24.7 Å². The second kappa shape index (κ2) is 16.4. The molecule has 4 N–H and O–H groups in total. The molecule has 53 heavy (non-hydrogen) atoms. The van der Waals surface area contributed by atoms with Crippen molar-refractivity contribution in [1.29, 1.82) is 0 Å². The first-order chi connectivity index (χ1) is 25.5. The number of hydrogen-bond acceptors (Lipinski definition) is 12. The maximum Gasteiger partial charge on any atom is 0.407 e. The second-order valence-electron chi connectivity index (χ2n) is 13.9. The molecule has 284 valence electrons. The van der Waals surface area contributed by atoms with E-state index < -0.39 is 18.2 Å². The molecular formula is C35H46N10O6S2. The summed E-state index contributed by atoms with van der Waals surface area (Å²) in [4.78, 5) is 81.8. The number of H-pyrrole nitrogens is 2. The molecule has 0 saturated carbocycles. The van der Waals surface area contributed by atoms with Gasteiger partial charge in [-0.05, 0) is 37.5 Å². The van der Waals surface area contributed by atoms with Crippen LogP contribution >= 0.6 is 22.7 Å². The minimum Gasteiger partial charge on any atom is -0.453 e. The smallest absolute Gasteiger partial charge is 0.407 e. The monoisotopic (exact) mass is 766 g/mol. The van der Waals surface area contributed by atoms with Crippen LogP contribution in [0.5, 0.6) is 0 Å². The number of aromatic nitrogens is 6. The molecule has 0 aliphatic carbocycles. The van der Waals surface area contributed by atoms with E-state index in [9.17, 15) is 19.2 Å². The molecule has 4 atom stereocenters. The highest BCUT2D eigenvalue weighted by molar-refractivity contribution is 7.24. The van der Waals surface area contributed by atoms with Crippen LogP contribution in [-0.4, -0.2) is 104 Å². The summed E-state index contributed by atoms with van der Waals surface area (Å²) in [5.74, 6) is 0.739. The fourth-order valence-corrected chi connectivity index (χ4v) is 8.67. The van der Waals surface area contributed by atoms with Gasteiger partial charge in [-0.15, -0.1) is 22.7 Å². The summed E-state index contributed by atoms with van der Waals surface area (Å²) in [5, 5.41) is 6.89. The number of nitrogens with one attached hydrogen (secondary N) is 4. The fraction of sp³-hybridized carbons (Fsp3) is 0.543. The van der Waals surface area contributed by atoms with Gasteiger partial charge in [0.15, 0.2) is 0 Å². The summed E-state index contributed by atoms with van der Waals surface area (Å²) in [6, 6.07) is -1.14. The molecule has 0 aromatic carbocycles. The highest BCUT2D eigenvalue weighted by Gasteiger charge is 2.38. The Morgan fingerprint density at radius 2 is 1.26 bits per heavy atom. The Kier molecular flexibility index (Phi) is 11.8. The fourth-order valence-electron chi connectivity index (χ4n) is 6.85. The molecule has 2 aliphatic rings. The van der Waals surface area contributed by atoms with E-state index in [1.807, 2.05) is 45.0 Å². The molecule has 18 heteroatoms. The normalized spacial score (nSPS) is 18.4. The van der Waals surface area contributed by atoms with Gasteiger partial charge in [-0.25, -0.2) is 29.5 Å². The van der Waals surface area contributed by atoms with Crippen LogP contribution in [0.3, 0.4) is 0 Å². The zero-order valence-electron chi connectivity index (χ0n) is 30.7. The summed E-state index contributed by atoms with van der Waals surface area (Å²) >= 11 is 3.03. The number of carbonyl (C=O) groups is 4. The Hall–Kier alpha value is -4.84. The number of rotatable bonds is 12. The first-order valence-corrected chi connectivity index (χ1v) is 19.4. The van der Waals surface area contributed by atoms with Gasteiger partial charge in [-0.3, -0.25) is 9.59 Å². The zero-order chi connectivity index (χ0) is 37.8. The number of likely N-dealkylation sites (tertiary alicyclic amines) is 2. The molecule has 2 unspecified atom stereocenters. The molecule has 2 saturated heterocycles. The lowest BCUT2D eigenvalue weighted by atomic mass is 9.94. The average Bonchev–Trinajstić information content (AvgIpc) is 3.98. The van der Waals surface area contributed by atoms with Crippen LogP contribution in [0.25, 0.3) is 31.2 Å². The molecule has 0 bridgehead atoms. The van der Waals surface area contributed by atoms with Gasteiger partial charge in [0, 0.05) is 32.0 Å². The van der Waals surface area contributed by atoms with Gasteiger partial charge >= 0.3 is 12.2 Å². The van der Waals surface area contributed by atoms with Gasteiger partial charge < -0.3 is 39.9 Å². The summed E-state index contributed by atoms with van der Waals surface area (Å²) in [5.41, 5.74) is 1.52. The number of hydrogen-bond donors (Lipinski definition) is 4. The summed E-state index contributed by atoms with van der Waals surface area (Å²) in [6.45, 7) is 9.13. The van der Waals surface area contributed by atoms with Crippen molar-refractivity contribution in [2.75, 3.05) is 33.9 Å². The van der Waals surface area contributed by atoms with E-state index in [-0.39, 0.29) is 48.2 Å². The quantitative estimate of drug-likeness (QED) is 0.145. The van der Waals surface area contributed by atoms with Crippen LogP contribution in [0.4, 0.5) is 9.59 Å². The zero-order valence-corrected chi connectivity index (χ0v) is 32.3. The van der Waals surface area contributed by atoms with Gasteiger partial charge in [-0.2, -0.15) is 0 Å². The SMILES string of the molecule is COC(=O)NCC(C(=O)N1CCC[C@H]1c1ncc(-c2ncc(-c3cnc(-c4cnc([C@@H]5CCCN5C(=O)C(NC(=O)OC)C(C)C)[nH]4)s3)s2)[nH]1)C(C)C. The molecule has 6 rings (SSSR count). The van der Waals surface area contributed by atoms with Gasteiger partial charge in [0.1, 0.15) is 27.7 Å². The number of carbonyl (C=O) groups excluding carboxylic acids is 4. The molecular weight excluding hydrogens is 721 g/mol. The third-order valence-electron chi connectivity index (χ3n) is 9.77. The first-order valence-electron chi connectivity index (χ1n) is 17.8. The van der Waals surface area contributed by atoms with E-state index in [1.54, 1.807) is 17.3 Å². The van der Waals surface area contributed by atoms with E-state index in [2.05, 4.69) is 40.5 Å². The van der Waals surface area contributed by atoms with Crippen molar-refractivity contribution in [3.8, 4) is 31.2 Å². The minimum absolute atomic E-state index is 0.0134. The van der Waals surface area contributed by atoms with Crippen molar-refractivity contribution in [2.45, 2.75) is 71.5 Å². The van der Waals surface area contributed by atoms with Crippen LogP contribution in [0.15, 0.2) is 24.8 Å². The Morgan fingerprint density at radius 1 is 0.755 bits per heavy atom. The standard InChI is InChI=1S/C35H46N10O6S2/c1-18(2)20(13-40-34(48)50-5)32(46)44-11-7-9-23(44)28-36-14-21(41-28)30-38-16-25(52-30)26-17-39-31(53-26)22-15-37-29(42-22)24-10-8-12-45(24)33(47)27(19(3)4)43-35(49)51-6/h14-20,23-24,27H,7-13H2,1-6H3,(H,36,41)(H,37,42)(H,40,48)(H,43,49)/t20?,23-,24-,27?/m0/s1. The van der Waals surface area contributed by atoms with E-state index in [4.69, 9.17) is 9.47 Å². The summed E-state index contributed by atoms with van der Waals surface area (Å²) in [7, 11) is 2.58. The molecule has 4 aromatic heterocycles. The topological polar surface area (TPSA) is 200 Å². The van der Waals surface area contributed by atoms with Crippen molar-refractivity contribution >= 4 is 46.7 Å². The lowest BCUT2D eigenvalue weighted by Crippen LogP contribution is -2.51. The molecule has 0 spiro atoms. The lowest BCUT2D eigenvalue weighted by Gasteiger charge is -2.29. The lowest BCUT2D eigenvalue weighted by molar-refractivity contribution is -0.138. The summed E-state index contributed by atoms with van der Waals surface area (Å²) < 4.78 is 9.44. The average molecular weight is 767 g/mol. The Labute approximate surface area is 315 Å². The molecule has 6 heterocycles. The number of ether oxygens (including phenoxy) is 2. The highest BCUT2D eigenvalue weighted by atomic mass is 32.1. The van der Waals surface area contributed by atoms with Gasteiger partial charge in [0.05, 0.1) is 65.8 Å². The largest absolute Gasteiger partial charge is 0.453 e. The van der Waals surface area contributed by atoms with Gasteiger partial charge in [-0.1, -0.05) is 27.7 Å².